The standard InChI is InChI=1S/C20H24N4O4/c21-18(25)17-12-16(23-24(17)13-8-4-3-5-9-13)19(26)22-15-11-7-2-1-6-10-14(15)20(27)28/h3-5,8-9,12,14-15H,1-2,6-7,10-11H2,(H2,21,25)(H,22,26)(H,27,28). The number of nitrogens with zero attached hydrogens (tertiary/aromatic N) is 2. The van der Waals surface area contributed by atoms with Gasteiger partial charge in [0.05, 0.1) is 11.6 Å². The molecular weight excluding hydrogens is 360 g/mol. The lowest BCUT2D eigenvalue weighted by molar-refractivity contribution is -0.143. The molecule has 8 nitrogen and oxygen atoms in total. The Morgan fingerprint density at radius 3 is 2.39 bits per heavy atom. The van der Waals surface area contributed by atoms with Gasteiger partial charge in [0.1, 0.15) is 5.69 Å². The number of hydrogen-bond acceptors (Lipinski definition) is 4. The summed E-state index contributed by atoms with van der Waals surface area (Å²) in [5.74, 6) is -2.74. The van der Waals surface area contributed by atoms with Crippen molar-refractivity contribution < 1.29 is 19.5 Å². The van der Waals surface area contributed by atoms with E-state index in [1.807, 2.05) is 6.07 Å². The number of carbonyl (C=O) groups excluding carboxylic acids is 2. The van der Waals surface area contributed by atoms with Gasteiger partial charge < -0.3 is 16.2 Å². The van der Waals surface area contributed by atoms with Gasteiger partial charge in [0.15, 0.2) is 5.69 Å². The third-order valence-corrected chi connectivity index (χ3v) is 5.09. The maximum Gasteiger partial charge on any atom is 0.308 e. The van der Waals surface area contributed by atoms with Crippen LogP contribution in [0.15, 0.2) is 36.4 Å². The summed E-state index contributed by atoms with van der Waals surface area (Å²) in [6.07, 6.45) is 4.86. The lowest BCUT2D eigenvalue weighted by Gasteiger charge is -2.26. The Balaban J connectivity index is 1.85. The molecule has 4 N–H and O–H groups in total. The number of benzene rings is 1. The highest BCUT2D eigenvalue weighted by Gasteiger charge is 2.31. The summed E-state index contributed by atoms with van der Waals surface area (Å²) in [5.41, 5.74) is 6.16. The van der Waals surface area contributed by atoms with Gasteiger partial charge in [-0.1, -0.05) is 43.9 Å². The van der Waals surface area contributed by atoms with Gasteiger partial charge >= 0.3 is 5.97 Å². The second-order valence-corrected chi connectivity index (χ2v) is 7.04. The van der Waals surface area contributed by atoms with E-state index in [1.54, 1.807) is 24.3 Å². The highest BCUT2D eigenvalue weighted by molar-refractivity contribution is 5.98. The first-order chi connectivity index (χ1) is 13.5. The molecule has 148 valence electrons. The average molecular weight is 384 g/mol. The van der Waals surface area contributed by atoms with Crippen molar-refractivity contribution in [3.8, 4) is 5.69 Å². The second kappa shape index (κ2) is 8.69. The summed E-state index contributed by atoms with van der Waals surface area (Å²) < 4.78 is 1.32. The number of amides is 2. The molecule has 2 aromatic rings. The van der Waals surface area contributed by atoms with Crippen molar-refractivity contribution >= 4 is 17.8 Å². The molecule has 0 spiro atoms. The number of nitrogens with one attached hydrogen (secondary N) is 1. The van der Waals surface area contributed by atoms with Crippen LogP contribution in [-0.4, -0.2) is 38.7 Å². The van der Waals surface area contributed by atoms with Crippen molar-refractivity contribution in [3.63, 3.8) is 0 Å². The van der Waals surface area contributed by atoms with E-state index in [2.05, 4.69) is 10.4 Å². The van der Waals surface area contributed by atoms with Crippen LogP contribution in [0.25, 0.3) is 5.69 Å². The Bertz CT molecular complexity index is 862. The molecule has 28 heavy (non-hydrogen) atoms. The minimum atomic E-state index is -0.903. The Kier molecular flexibility index (Phi) is 6.08. The molecule has 0 saturated heterocycles. The van der Waals surface area contributed by atoms with Crippen LogP contribution in [0.1, 0.15) is 59.5 Å². The zero-order valence-electron chi connectivity index (χ0n) is 15.5. The van der Waals surface area contributed by atoms with Gasteiger partial charge in [0, 0.05) is 12.1 Å². The van der Waals surface area contributed by atoms with E-state index in [-0.39, 0.29) is 11.4 Å². The van der Waals surface area contributed by atoms with Gasteiger partial charge in [-0.15, -0.1) is 0 Å². The summed E-state index contributed by atoms with van der Waals surface area (Å²) in [6, 6.07) is 9.76. The largest absolute Gasteiger partial charge is 0.481 e. The number of carbonyl (C=O) groups is 3. The lowest BCUT2D eigenvalue weighted by Crippen LogP contribution is -2.44. The molecule has 0 aliphatic heterocycles. The Hall–Kier alpha value is -3.16. The lowest BCUT2D eigenvalue weighted by atomic mass is 9.86. The Morgan fingerprint density at radius 2 is 1.75 bits per heavy atom. The van der Waals surface area contributed by atoms with E-state index < -0.39 is 29.7 Å². The fraction of sp³-hybridized carbons (Fsp3) is 0.400. The van der Waals surface area contributed by atoms with Crippen molar-refractivity contribution in [2.24, 2.45) is 11.7 Å². The normalized spacial score (nSPS) is 20.0. The predicted molar refractivity (Wildman–Crippen MR) is 102 cm³/mol. The van der Waals surface area contributed by atoms with Crippen LogP contribution < -0.4 is 11.1 Å². The first-order valence-corrected chi connectivity index (χ1v) is 9.46. The van der Waals surface area contributed by atoms with Crippen LogP contribution in [0.4, 0.5) is 0 Å². The number of hydrogen-bond donors (Lipinski definition) is 3. The molecule has 1 aromatic carbocycles. The van der Waals surface area contributed by atoms with E-state index in [0.717, 1.165) is 25.7 Å². The maximum absolute atomic E-state index is 12.8. The molecule has 1 aliphatic carbocycles. The number of carboxylic acids is 1. The molecule has 2 unspecified atom stereocenters. The summed E-state index contributed by atoms with van der Waals surface area (Å²) in [4.78, 5) is 36.2. The maximum atomic E-state index is 12.8. The van der Waals surface area contributed by atoms with Crippen LogP contribution >= 0.6 is 0 Å². The first-order valence-electron chi connectivity index (χ1n) is 9.46. The molecule has 0 radical (unpaired) electrons. The molecule has 1 heterocycles. The van der Waals surface area contributed by atoms with Gasteiger partial charge in [-0.05, 0) is 25.0 Å². The third-order valence-electron chi connectivity index (χ3n) is 5.09. The number of nitrogens with two attached hydrogens (primary N) is 1. The van der Waals surface area contributed by atoms with Gasteiger partial charge in [-0.25, -0.2) is 4.68 Å². The molecular formula is C20H24N4O4. The van der Waals surface area contributed by atoms with Crippen LogP contribution in [0, 0.1) is 5.92 Å². The van der Waals surface area contributed by atoms with Crippen molar-refractivity contribution in [3.05, 3.63) is 47.8 Å². The van der Waals surface area contributed by atoms with E-state index in [9.17, 15) is 19.5 Å². The van der Waals surface area contributed by atoms with Gasteiger partial charge in [0.25, 0.3) is 11.8 Å². The van der Waals surface area contributed by atoms with Crippen molar-refractivity contribution in [1.82, 2.24) is 15.1 Å². The predicted octanol–water partition coefficient (Wildman–Crippen LogP) is 2.12. The number of aliphatic carboxylic acids is 1. The summed E-state index contributed by atoms with van der Waals surface area (Å²) in [5, 5.41) is 16.6. The fourth-order valence-corrected chi connectivity index (χ4v) is 3.63. The number of para-hydroxylation sites is 1. The van der Waals surface area contributed by atoms with Crippen LogP contribution in [0.5, 0.6) is 0 Å². The van der Waals surface area contributed by atoms with E-state index in [4.69, 9.17) is 5.73 Å². The molecule has 2 atom stereocenters. The number of rotatable bonds is 5. The average Bonchev–Trinajstić information content (AvgIpc) is 3.10. The molecule has 8 heteroatoms. The molecule has 1 aromatic heterocycles. The van der Waals surface area contributed by atoms with Gasteiger partial charge in [0.2, 0.25) is 0 Å². The minimum Gasteiger partial charge on any atom is -0.481 e. The summed E-state index contributed by atoms with van der Waals surface area (Å²) in [6.45, 7) is 0. The number of primary amides is 1. The molecule has 1 aliphatic rings. The Morgan fingerprint density at radius 1 is 1.07 bits per heavy atom. The Labute approximate surface area is 162 Å². The molecule has 1 fully saturated rings. The molecule has 3 rings (SSSR count). The number of aromatic nitrogens is 2. The second-order valence-electron chi connectivity index (χ2n) is 7.04. The first kappa shape index (κ1) is 19.6. The third kappa shape index (κ3) is 4.39. The van der Waals surface area contributed by atoms with Crippen molar-refractivity contribution in [2.75, 3.05) is 0 Å². The monoisotopic (exact) mass is 384 g/mol. The summed E-state index contributed by atoms with van der Waals surface area (Å²) in [7, 11) is 0. The fourth-order valence-electron chi connectivity index (χ4n) is 3.63. The van der Waals surface area contributed by atoms with Crippen molar-refractivity contribution in [1.29, 1.82) is 0 Å². The van der Waals surface area contributed by atoms with Crippen LogP contribution in [0.3, 0.4) is 0 Å². The van der Waals surface area contributed by atoms with E-state index in [0.29, 0.717) is 18.5 Å². The highest BCUT2D eigenvalue weighted by Crippen LogP contribution is 2.24. The van der Waals surface area contributed by atoms with Gasteiger partial charge in [-0.3, -0.25) is 14.4 Å². The molecule has 0 bridgehead atoms. The summed E-state index contributed by atoms with van der Waals surface area (Å²) >= 11 is 0. The topological polar surface area (TPSA) is 127 Å². The van der Waals surface area contributed by atoms with Crippen molar-refractivity contribution in [2.45, 2.75) is 44.6 Å². The molecule has 2 amide bonds. The van der Waals surface area contributed by atoms with Crippen LogP contribution in [-0.2, 0) is 4.79 Å². The zero-order valence-corrected chi connectivity index (χ0v) is 15.5. The smallest absolute Gasteiger partial charge is 0.308 e. The number of carboxylic acid groups (broad SMARTS) is 1. The van der Waals surface area contributed by atoms with E-state index >= 15 is 0 Å². The minimum absolute atomic E-state index is 0.0313. The van der Waals surface area contributed by atoms with E-state index in [1.165, 1.54) is 10.7 Å². The SMILES string of the molecule is NC(=O)c1cc(C(=O)NC2CCCCCCC2C(=O)O)nn1-c1ccccc1. The van der Waals surface area contributed by atoms with Gasteiger partial charge in [-0.2, -0.15) is 5.10 Å². The molecule has 1 saturated carbocycles. The zero-order chi connectivity index (χ0) is 20.1. The van der Waals surface area contributed by atoms with Crippen LogP contribution in [0.2, 0.25) is 0 Å². The quantitative estimate of drug-likeness (QED) is 0.728. The highest BCUT2D eigenvalue weighted by atomic mass is 16.4.